The first-order valence-electron chi connectivity index (χ1n) is 9.78. The first kappa shape index (κ1) is 16.8. The predicted octanol–water partition coefficient (Wildman–Crippen LogP) is 2.99. The van der Waals surface area contributed by atoms with Gasteiger partial charge in [0.1, 0.15) is 5.54 Å². The van der Waals surface area contributed by atoms with Crippen LogP contribution in [-0.4, -0.2) is 52.5 Å². The lowest BCUT2D eigenvalue weighted by Gasteiger charge is -2.36. The fraction of sp³-hybridized carbons (Fsp3) is 0.700. The van der Waals surface area contributed by atoms with Crippen LogP contribution >= 0.6 is 0 Å². The van der Waals surface area contributed by atoms with Crippen LogP contribution in [0.5, 0.6) is 5.88 Å². The number of carbonyl (C=O) groups is 1. The van der Waals surface area contributed by atoms with E-state index >= 15 is 0 Å². The number of ether oxygens (including phenoxy) is 1. The molecule has 0 radical (unpaired) electrons. The van der Waals surface area contributed by atoms with Crippen molar-refractivity contribution < 1.29 is 9.53 Å². The van der Waals surface area contributed by atoms with Gasteiger partial charge in [0.25, 0.3) is 0 Å². The summed E-state index contributed by atoms with van der Waals surface area (Å²) in [7, 11) is 1.63. The molecule has 1 aromatic rings. The van der Waals surface area contributed by atoms with E-state index in [0.29, 0.717) is 17.8 Å². The summed E-state index contributed by atoms with van der Waals surface area (Å²) in [5.74, 6) is 1.04. The van der Waals surface area contributed by atoms with E-state index in [0.717, 1.165) is 44.5 Å². The topological polar surface area (TPSA) is 45.7 Å². The molecular formula is C20H29N3O2. The average molecular weight is 343 g/mol. The number of carbonyl (C=O) groups excluding carboxylic acids is 1. The second kappa shape index (κ2) is 6.94. The van der Waals surface area contributed by atoms with Gasteiger partial charge in [-0.1, -0.05) is 25.3 Å². The Morgan fingerprint density at radius 2 is 2.00 bits per heavy atom. The minimum absolute atomic E-state index is 0.253. The molecule has 3 heterocycles. The molecule has 1 unspecified atom stereocenters. The second-order valence-corrected chi connectivity index (χ2v) is 7.81. The molecule has 1 atom stereocenters. The van der Waals surface area contributed by atoms with Gasteiger partial charge in [-0.2, -0.15) is 0 Å². The van der Waals surface area contributed by atoms with Crippen LogP contribution in [0.3, 0.4) is 0 Å². The molecule has 4 rings (SSSR count). The predicted molar refractivity (Wildman–Crippen MR) is 96.4 cm³/mol. The molecule has 136 valence electrons. The van der Waals surface area contributed by atoms with Gasteiger partial charge in [-0.05, 0) is 44.2 Å². The van der Waals surface area contributed by atoms with Gasteiger partial charge < -0.3 is 9.64 Å². The van der Waals surface area contributed by atoms with E-state index in [9.17, 15) is 4.79 Å². The van der Waals surface area contributed by atoms with Crippen LogP contribution < -0.4 is 4.74 Å². The van der Waals surface area contributed by atoms with E-state index in [4.69, 9.17) is 4.74 Å². The normalized spacial score (nSPS) is 28.2. The number of likely N-dealkylation sites (tertiary alicyclic amines) is 2. The van der Waals surface area contributed by atoms with E-state index in [1.807, 2.05) is 12.3 Å². The van der Waals surface area contributed by atoms with Crippen molar-refractivity contribution in [1.82, 2.24) is 14.8 Å². The van der Waals surface area contributed by atoms with Gasteiger partial charge in [0.2, 0.25) is 11.8 Å². The van der Waals surface area contributed by atoms with E-state index in [-0.39, 0.29) is 5.54 Å². The maximum absolute atomic E-state index is 13.4. The summed E-state index contributed by atoms with van der Waals surface area (Å²) in [6, 6.07) is 4.46. The standard InChI is InChI=1S/C20H29N3O2/c1-25-18-9-8-16(14-21-18)15-22-12-5-10-20(22)11-13-23(19(20)24)17-6-3-2-4-7-17/h8-9,14,17H,2-7,10-13,15H2,1H3. The molecule has 1 aliphatic carbocycles. The van der Waals surface area contributed by atoms with Crippen molar-refractivity contribution in [3.05, 3.63) is 23.9 Å². The molecule has 1 spiro atoms. The van der Waals surface area contributed by atoms with Crippen LogP contribution in [0.15, 0.2) is 18.3 Å². The van der Waals surface area contributed by atoms with Gasteiger partial charge in [-0.15, -0.1) is 0 Å². The maximum atomic E-state index is 13.4. The summed E-state index contributed by atoms with van der Waals surface area (Å²) >= 11 is 0. The van der Waals surface area contributed by atoms with Gasteiger partial charge >= 0.3 is 0 Å². The molecule has 2 aliphatic heterocycles. The van der Waals surface area contributed by atoms with Crippen LogP contribution in [-0.2, 0) is 11.3 Å². The Labute approximate surface area is 150 Å². The Morgan fingerprint density at radius 3 is 2.72 bits per heavy atom. The number of hydrogen-bond donors (Lipinski definition) is 0. The molecule has 0 aromatic carbocycles. The molecule has 1 aromatic heterocycles. The average Bonchev–Trinajstić information content (AvgIpc) is 3.21. The summed E-state index contributed by atoms with van der Waals surface area (Å²) in [5, 5.41) is 0. The highest BCUT2D eigenvalue weighted by Crippen LogP contribution is 2.41. The zero-order valence-corrected chi connectivity index (χ0v) is 15.2. The minimum atomic E-state index is -0.253. The van der Waals surface area contributed by atoms with Crippen molar-refractivity contribution in [2.24, 2.45) is 0 Å². The lowest BCUT2D eigenvalue weighted by atomic mass is 9.92. The van der Waals surface area contributed by atoms with Gasteiger partial charge in [-0.25, -0.2) is 4.98 Å². The second-order valence-electron chi connectivity index (χ2n) is 7.81. The SMILES string of the molecule is COc1ccc(CN2CCCC23CCN(C2CCCCC2)C3=O)cn1. The quantitative estimate of drug-likeness (QED) is 0.843. The Morgan fingerprint density at radius 1 is 1.16 bits per heavy atom. The van der Waals surface area contributed by atoms with E-state index in [1.165, 1.54) is 32.1 Å². The fourth-order valence-electron chi connectivity index (χ4n) is 5.06. The van der Waals surface area contributed by atoms with Crippen LogP contribution in [0.25, 0.3) is 0 Å². The van der Waals surface area contributed by atoms with E-state index in [2.05, 4.69) is 20.9 Å². The Bertz CT molecular complexity index is 612. The number of hydrogen-bond acceptors (Lipinski definition) is 4. The summed E-state index contributed by atoms with van der Waals surface area (Å²) in [4.78, 5) is 22.3. The van der Waals surface area contributed by atoms with Gasteiger partial charge in [-0.3, -0.25) is 9.69 Å². The highest BCUT2D eigenvalue weighted by Gasteiger charge is 2.54. The molecular weight excluding hydrogens is 314 g/mol. The molecule has 0 bridgehead atoms. The molecule has 1 amide bonds. The van der Waals surface area contributed by atoms with E-state index in [1.54, 1.807) is 7.11 Å². The number of rotatable bonds is 4. The fourth-order valence-corrected chi connectivity index (χ4v) is 5.06. The zero-order chi connectivity index (χ0) is 17.3. The van der Waals surface area contributed by atoms with Gasteiger partial charge in [0.05, 0.1) is 7.11 Å². The molecule has 3 aliphatic rings. The van der Waals surface area contributed by atoms with Crippen LogP contribution in [0.4, 0.5) is 0 Å². The van der Waals surface area contributed by atoms with Crippen molar-refractivity contribution in [3.63, 3.8) is 0 Å². The third kappa shape index (κ3) is 3.03. The molecule has 3 fully saturated rings. The van der Waals surface area contributed by atoms with E-state index < -0.39 is 0 Å². The zero-order valence-electron chi connectivity index (χ0n) is 15.2. The first-order chi connectivity index (χ1) is 12.2. The molecule has 5 nitrogen and oxygen atoms in total. The number of nitrogens with zero attached hydrogens (tertiary/aromatic N) is 3. The molecule has 5 heteroatoms. The summed E-state index contributed by atoms with van der Waals surface area (Å²) < 4.78 is 5.15. The molecule has 1 saturated carbocycles. The monoisotopic (exact) mass is 343 g/mol. The lowest BCUT2D eigenvalue weighted by Crippen LogP contribution is -2.51. The third-order valence-corrected chi connectivity index (χ3v) is 6.44. The summed E-state index contributed by atoms with van der Waals surface area (Å²) in [6.07, 6.45) is 11.3. The lowest BCUT2D eigenvalue weighted by molar-refractivity contribution is -0.139. The molecule has 0 N–H and O–H groups in total. The number of amides is 1. The smallest absolute Gasteiger partial charge is 0.243 e. The van der Waals surface area contributed by atoms with Crippen molar-refractivity contribution in [3.8, 4) is 5.88 Å². The number of methoxy groups -OCH3 is 1. The third-order valence-electron chi connectivity index (χ3n) is 6.44. The Balaban J connectivity index is 1.48. The molecule has 25 heavy (non-hydrogen) atoms. The van der Waals surface area contributed by atoms with Crippen molar-refractivity contribution in [2.75, 3.05) is 20.2 Å². The number of pyridine rings is 1. The highest BCUT2D eigenvalue weighted by molar-refractivity contribution is 5.89. The highest BCUT2D eigenvalue weighted by atomic mass is 16.5. The van der Waals surface area contributed by atoms with Crippen molar-refractivity contribution in [1.29, 1.82) is 0 Å². The van der Waals surface area contributed by atoms with Crippen molar-refractivity contribution in [2.45, 2.75) is 69.5 Å². The molecule has 2 saturated heterocycles. The summed E-state index contributed by atoms with van der Waals surface area (Å²) in [5.41, 5.74) is 0.906. The summed E-state index contributed by atoms with van der Waals surface area (Å²) in [6.45, 7) is 2.76. The Hall–Kier alpha value is -1.62. The van der Waals surface area contributed by atoms with Crippen LogP contribution in [0.2, 0.25) is 0 Å². The van der Waals surface area contributed by atoms with Crippen LogP contribution in [0.1, 0.15) is 56.9 Å². The number of aromatic nitrogens is 1. The minimum Gasteiger partial charge on any atom is -0.481 e. The van der Waals surface area contributed by atoms with Gasteiger partial charge in [0, 0.05) is 31.4 Å². The maximum Gasteiger partial charge on any atom is 0.243 e. The van der Waals surface area contributed by atoms with Gasteiger partial charge in [0.15, 0.2) is 0 Å². The van der Waals surface area contributed by atoms with Crippen LogP contribution in [0, 0.1) is 0 Å². The first-order valence-corrected chi connectivity index (χ1v) is 9.78. The largest absolute Gasteiger partial charge is 0.481 e. The Kier molecular flexibility index (Phi) is 4.67. The van der Waals surface area contributed by atoms with Crippen molar-refractivity contribution >= 4 is 5.91 Å².